The molecule has 0 saturated heterocycles. The van der Waals surface area contributed by atoms with E-state index in [1.165, 1.54) is 44.9 Å². The minimum atomic E-state index is 0.599. The van der Waals surface area contributed by atoms with Gasteiger partial charge in [-0.05, 0) is 31.7 Å². The summed E-state index contributed by atoms with van der Waals surface area (Å²) in [5.74, 6) is 1.75. The highest BCUT2D eigenvalue weighted by molar-refractivity contribution is 4.94. The maximum Gasteiger partial charge on any atom is 0.0249 e. The van der Waals surface area contributed by atoms with Crippen molar-refractivity contribution in [2.24, 2.45) is 11.8 Å². The van der Waals surface area contributed by atoms with Gasteiger partial charge in [0.1, 0.15) is 0 Å². The zero-order valence-corrected chi connectivity index (χ0v) is 11.3. The van der Waals surface area contributed by atoms with Crippen LogP contribution in [0.15, 0.2) is 12.2 Å². The number of likely N-dealkylation sites (N-methyl/N-ethyl adjacent to an activating group) is 1. The number of nitrogens with one attached hydrogen (secondary N) is 1. The van der Waals surface area contributed by atoms with Crippen molar-refractivity contribution in [2.75, 3.05) is 7.05 Å². The van der Waals surface area contributed by atoms with Gasteiger partial charge in [0.25, 0.3) is 0 Å². The lowest BCUT2D eigenvalue weighted by Gasteiger charge is -2.24. The van der Waals surface area contributed by atoms with Gasteiger partial charge in [0.2, 0.25) is 0 Å². The summed E-state index contributed by atoms with van der Waals surface area (Å²) >= 11 is 0. The first-order valence-corrected chi connectivity index (χ1v) is 7.06. The van der Waals surface area contributed by atoms with E-state index in [1.54, 1.807) is 0 Å². The fraction of sp³-hybridized carbons (Fsp3) is 0.867. The van der Waals surface area contributed by atoms with E-state index in [9.17, 15) is 0 Å². The van der Waals surface area contributed by atoms with Gasteiger partial charge in [0.05, 0.1) is 0 Å². The van der Waals surface area contributed by atoms with Crippen LogP contribution in [0.25, 0.3) is 0 Å². The summed E-state index contributed by atoms with van der Waals surface area (Å²) in [4.78, 5) is 0. The van der Waals surface area contributed by atoms with Crippen molar-refractivity contribution in [2.45, 2.75) is 64.8 Å². The molecule has 0 bridgehead atoms. The Labute approximate surface area is 102 Å². The predicted molar refractivity (Wildman–Crippen MR) is 72.6 cm³/mol. The molecular weight excluding hydrogens is 194 g/mol. The third-order valence-corrected chi connectivity index (χ3v) is 3.66. The highest BCUT2D eigenvalue weighted by Gasteiger charge is 2.16. The van der Waals surface area contributed by atoms with Crippen LogP contribution in [0.5, 0.6) is 0 Å². The number of allylic oxidation sites excluding steroid dienone is 1. The zero-order valence-electron chi connectivity index (χ0n) is 11.3. The van der Waals surface area contributed by atoms with Crippen molar-refractivity contribution in [3.8, 4) is 0 Å². The van der Waals surface area contributed by atoms with Crippen molar-refractivity contribution in [1.82, 2.24) is 5.32 Å². The Hall–Kier alpha value is -0.300. The summed E-state index contributed by atoms with van der Waals surface area (Å²) in [6, 6.07) is 0.599. The molecule has 0 aromatic heterocycles. The van der Waals surface area contributed by atoms with Crippen LogP contribution in [-0.2, 0) is 0 Å². The van der Waals surface area contributed by atoms with Crippen molar-refractivity contribution < 1.29 is 0 Å². The molecule has 1 aliphatic carbocycles. The summed E-state index contributed by atoms with van der Waals surface area (Å²) in [6.45, 7) is 4.56. The molecule has 1 heteroatoms. The van der Waals surface area contributed by atoms with Crippen LogP contribution in [-0.4, -0.2) is 13.1 Å². The van der Waals surface area contributed by atoms with Crippen molar-refractivity contribution in [1.29, 1.82) is 0 Å². The summed E-state index contributed by atoms with van der Waals surface area (Å²) in [5, 5.41) is 3.44. The van der Waals surface area contributed by atoms with Gasteiger partial charge in [-0.1, -0.05) is 58.1 Å². The van der Waals surface area contributed by atoms with E-state index in [-0.39, 0.29) is 0 Å². The van der Waals surface area contributed by atoms with Crippen molar-refractivity contribution >= 4 is 0 Å². The van der Waals surface area contributed by atoms with E-state index in [4.69, 9.17) is 0 Å². The Morgan fingerprint density at radius 1 is 1.19 bits per heavy atom. The van der Waals surface area contributed by atoms with Gasteiger partial charge in [-0.2, -0.15) is 0 Å². The van der Waals surface area contributed by atoms with Crippen LogP contribution in [0.2, 0.25) is 0 Å². The molecule has 1 N–H and O–H groups in total. The van der Waals surface area contributed by atoms with Gasteiger partial charge in [0, 0.05) is 6.04 Å². The second-order valence-electron chi connectivity index (χ2n) is 5.69. The fourth-order valence-corrected chi connectivity index (χ4v) is 2.59. The van der Waals surface area contributed by atoms with E-state index in [2.05, 4.69) is 38.4 Å². The highest BCUT2D eigenvalue weighted by atomic mass is 14.9. The van der Waals surface area contributed by atoms with Gasteiger partial charge in [-0.15, -0.1) is 0 Å². The Kier molecular flexibility index (Phi) is 6.79. The second kappa shape index (κ2) is 7.89. The van der Waals surface area contributed by atoms with Gasteiger partial charge in [-0.3, -0.25) is 0 Å². The van der Waals surface area contributed by atoms with Crippen LogP contribution in [0.1, 0.15) is 58.8 Å². The molecule has 0 radical (unpaired) electrons. The minimum absolute atomic E-state index is 0.599. The molecule has 16 heavy (non-hydrogen) atoms. The van der Waals surface area contributed by atoms with E-state index in [0.717, 1.165) is 11.8 Å². The summed E-state index contributed by atoms with van der Waals surface area (Å²) in [5.41, 5.74) is 0. The number of hydrogen-bond acceptors (Lipinski definition) is 1. The standard InChI is InChI=1S/C15H29N/c1-13(2)8-7-11-15(16-3)12-14-9-5-4-6-10-14/h7,11,13-16H,4-6,8-10,12H2,1-3H3/t15-/m0/s1. The molecule has 94 valence electrons. The average molecular weight is 223 g/mol. The maximum absolute atomic E-state index is 3.44. The molecule has 0 amide bonds. The van der Waals surface area contributed by atoms with Crippen LogP contribution in [0, 0.1) is 11.8 Å². The predicted octanol–water partition coefficient (Wildman–Crippen LogP) is 4.15. The molecule has 0 aliphatic heterocycles. The SMILES string of the molecule is CN[C@@H](C=CCC(C)C)CC1CCCCC1. The Morgan fingerprint density at radius 2 is 1.88 bits per heavy atom. The molecule has 1 aliphatic rings. The Balaban J connectivity index is 2.27. The molecule has 0 aromatic carbocycles. The molecule has 0 spiro atoms. The second-order valence-corrected chi connectivity index (χ2v) is 5.69. The highest BCUT2D eigenvalue weighted by Crippen LogP contribution is 2.27. The monoisotopic (exact) mass is 223 g/mol. The van der Waals surface area contributed by atoms with Gasteiger partial charge >= 0.3 is 0 Å². The largest absolute Gasteiger partial charge is 0.314 e. The zero-order chi connectivity index (χ0) is 11.8. The smallest absolute Gasteiger partial charge is 0.0249 e. The molecule has 1 fully saturated rings. The molecule has 1 nitrogen and oxygen atoms in total. The third-order valence-electron chi connectivity index (χ3n) is 3.66. The lowest BCUT2D eigenvalue weighted by molar-refractivity contribution is 0.319. The minimum Gasteiger partial charge on any atom is -0.314 e. The van der Waals surface area contributed by atoms with Crippen LogP contribution >= 0.6 is 0 Å². The fourth-order valence-electron chi connectivity index (χ4n) is 2.59. The summed E-state index contributed by atoms with van der Waals surface area (Å²) in [7, 11) is 2.09. The lowest BCUT2D eigenvalue weighted by Crippen LogP contribution is -2.26. The molecule has 1 rings (SSSR count). The molecule has 0 unspecified atom stereocenters. The number of rotatable bonds is 6. The first-order valence-electron chi connectivity index (χ1n) is 7.06. The quantitative estimate of drug-likeness (QED) is 0.667. The maximum atomic E-state index is 3.44. The van der Waals surface area contributed by atoms with Gasteiger partial charge < -0.3 is 5.32 Å². The third kappa shape index (κ3) is 5.69. The molecular formula is C15H29N. The van der Waals surface area contributed by atoms with E-state index < -0.39 is 0 Å². The lowest BCUT2D eigenvalue weighted by atomic mass is 9.84. The summed E-state index contributed by atoms with van der Waals surface area (Å²) in [6.07, 6.45) is 14.6. The molecule has 0 aromatic rings. The van der Waals surface area contributed by atoms with Gasteiger partial charge in [-0.25, -0.2) is 0 Å². The first kappa shape index (κ1) is 13.8. The van der Waals surface area contributed by atoms with E-state index in [1.807, 2.05) is 0 Å². The van der Waals surface area contributed by atoms with E-state index in [0.29, 0.717) is 6.04 Å². The molecule has 1 saturated carbocycles. The normalized spacial score (nSPS) is 20.8. The van der Waals surface area contributed by atoms with E-state index >= 15 is 0 Å². The average Bonchev–Trinajstić information content (AvgIpc) is 2.28. The Morgan fingerprint density at radius 3 is 2.44 bits per heavy atom. The van der Waals surface area contributed by atoms with Crippen molar-refractivity contribution in [3.63, 3.8) is 0 Å². The van der Waals surface area contributed by atoms with Crippen LogP contribution in [0.4, 0.5) is 0 Å². The Bertz CT molecular complexity index is 190. The van der Waals surface area contributed by atoms with Crippen molar-refractivity contribution in [3.05, 3.63) is 12.2 Å². The summed E-state index contributed by atoms with van der Waals surface area (Å²) < 4.78 is 0. The van der Waals surface area contributed by atoms with Crippen LogP contribution in [0.3, 0.4) is 0 Å². The van der Waals surface area contributed by atoms with Gasteiger partial charge in [0.15, 0.2) is 0 Å². The molecule has 1 atom stereocenters. The first-order chi connectivity index (χ1) is 7.72. The topological polar surface area (TPSA) is 12.0 Å². The molecule has 0 heterocycles. The van der Waals surface area contributed by atoms with Crippen LogP contribution < -0.4 is 5.32 Å². The number of hydrogen-bond donors (Lipinski definition) is 1.